The lowest BCUT2D eigenvalue weighted by molar-refractivity contribution is -0.131. The van der Waals surface area contributed by atoms with Crippen LogP contribution in [0.3, 0.4) is 0 Å². The van der Waals surface area contributed by atoms with Gasteiger partial charge in [-0.2, -0.15) is 0 Å². The second-order valence-electron chi connectivity index (χ2n) is 7.39. The minimum absolute atomic E-state index is 0.112. The number of nitrogens with one attached hydrogen (secondary N) is 1. The zero-order valence-corrected chi connectivity index (χ0v) is 14.5. The highest BCUT2D eigenvalue weighted by Crippen LogP contribution is 2.42. The predicted octanol–water partition coefficient (Wildman–Crippen LogP) is 2.46. The standard InChI is InChI=1S/C19H24N2O4/c1-19(14-6-7-14)17(22)21(18(23)20-19)11-13-4-8-15(9-5-13)25-12-16-3-2-10-24-16/h4-5,8-9,14,16H,2-3,6-7,10-12H2,1H3,(H,20,23)/t16-,19+/m0/s1. The average molecular weight is 344 g/mol. The number of urea groups is 1. The zero-order chi connectivity index (χ0) is 17.4. The minimum Gasteiger partial charge on any atom is -0.491 e. The highest BCUT2D eigenvalue weighted by Gasteiger charge is 2.55. The van der Waals surface area contributed by atoms with Crippen LogP contribution in [0, 0.1) is 5.92 Å². The summed E-state index contributed by atoms with van der Waals surface area (Å²) in [6.07, 6.45) is 4.34. The molecule has 1 saturated carbocycles. The van der Waals surface area contributed by atoms with Crippen LogP contribution in [0.15, 0.2) is 24.3 Å². The van der Waals surface area contributed by atoms with E-state index in [1.54, 1.807) is 0 Å². The highest BCUT2D eigenvalue weighted by atomic mass is 16.5. The van der Waals surface area contributed by atoms with Gasteiger partial charge in [0, 0.05) is 6.61 Å². The van der Waals surface area contributed by atoms with Crippen molar-refractivity contribution in [3.05, 3.63) is 29.8 Å². The number of imide groups is 1. The molecule has 0 unspecified atom stereocenters. The van der Waals surface area contributed by atoms with Crippen LogP contribution in [0.1, 0.15) is 38.2 Å². The lowest BCUT2D eigenvalue weighted by Crippen LogP contribution is -2.46. The van der Waals surface area contributed by atoms with Gasteiger partial charge in [0.25, 0.3) is 5.91 Å². The Morgan fingerprint density at radius 3 is 2.64 bits per heavy atom. The number of rotatable bonds is 6. The quantitative estimate of drug-likeness (QED) is 0.805. The van der Waals surface area contributed by atoms with Crippen molar-refractivity contribution in [3.8, 4) is 5.75 Å². The van der Waals surface area contributed by atoms with Crippen LogP contribution in [0.2, 0.25) is 0 Å². The van der Waals surface area contributed by atoms with E-state index in [1.165, 1.54) is 4.90 Å². The number of nitrogens with zero attached hydrogens (tertiary/aromatic N) is 1. The van der Waals surface area contributed by atoms with Gasteiger partial charge in [-0.3, -0.25) is 9.69 Å². The van der Waals surface area contributed by atoms with Crippen molar-refractivity contribution in [2.45, 2.75) is 50.8 Å². The van der Waals surface area contributed by atoms with Gasteiger partial charge in [0.1, 0.15) is 17.9 Å². The van der Waals surface area contributed by atoms with Gasteiger partial charge in [-0.05, 0) is 56.2 Å². The number of hydrogen-bond donors (Lipinski definition) is 1. The van der Waals surface area contributed by atoms with Gasteiger partial charge in [-0.15, -0.1) is 0 Å². The van der Waals surface area contributed by atoms with Gasteiger partial charge in [0.05, 0.1) is 12.6 Å². The van der Waals surface area contributed by atoms with Crippen molar-refractivity contribution < 1.29 is 19.1 Å². The molecule has 6 heteroatoms. The van der Waals surface area contributed by atoms with E-state index in [1.807, 2.05) is 31.2 Å². The molecule has 4 rings (SSSR count). The molecular formula is C19H24N2O4. The Balaban J connectivity index is 1.36. The van der Waals surface area contributed by atoms with E-state index >= 15 is 0 Å². The van der Waals surface area contributed by atoms with Gasteiger partial charge in [0.15, 0.2) is 0 Å². The third kappa shape index (κ3) is 3.23. The first-order valence-corrected chi connectivity index (χ1v) is 9.04. The highest BCUT2D eigenvalue weighted by molar-refractivity contribution is 6.07. The maximum absolute atomic E-state index is 12.6. The molecule has 0 radical (unpaired) electrons. The predicted molar refractivity (Wildman–Crippen MR) is 91.1 cm³/mol. The maximum Gasteiger partial charge on any atom is 0.325 e. The second-order valence-corrected chi connectivity index (χ2v) is 7.39. The molecule has 6 nitrogen and oxygen atoms in total. The van der Waals surface area contributed by atoms with Crippen molar-refractivity contribution in [2.75, 3.05) is 13.2 Å². The summed E-state index contributed by atoms with van der Waals surface area (Å²) in [7, 11) is 0. The first-order chi connectivity index (χ1) is 12.1. The van der Waals surface area contributed by atoms with Crippen molar-refractivity contribution in [1.82, 2.24) is 10.2 Å². The summed E-state index contributed by atoms with van der Waals surface area (Å²) >= 11 is 0. The molecule has 25 heavy (non-hydrogen) atoms. The first kappa shape index (κ1) is 16.4. The van der Waals surface area contributed by atoms with E-state index in [0.29, 0.717) is 13.2 Å². The number of carbonyl (C=O) groups is 2. The molecule has 3 fully saturated rings. The summed E-state index contributed by atoms with van der Waals surface area (Å²) in [5, 5.41) is 2.87. The Bertz CT molecular complexity index is 665. The van der Waals surface area contributed by atoms with Crippen LogP contribution >= 0.6 is 0 Å². The molecule has 0 spiro atoms. The smallest absolute Gasteiger partial charge is 0.325 e. The topological polar surface area (TPSA) is 67.9 Å². The fraction of sp³-hybridized carbons (Fsp3) is 0.579. The van der Waals surface area contributed by atoms with Crippen molar-refractivity contribution in [2.24, 2.45) is 5.92 Å². The van der Waals surface area contributed by atoms with Crippen LogP contribution in [0.5, 0.6) is 5.75 Å². The van der Waals surface area contributed by atoms with E-state index < -0.39 is 5.54 Å². The van der Waals surface area contributed by atoms with Gasteiger partial charge in [0.2, 0.25) is 0 Å². The Hall–Kier alpha value is -2.08. The van der Waals surface area contributed by atoms with Crippen LogP contribution < -0.4 is 10.1 Å². The number of hydrogen-bond acceptors (Lipinski definition) is 4. The average Bonchev–Trinajstić information content (AvgIpc) is 3.30. The van der Waals surface area contributed by atoms with Crippen LogP contribution in [-0.2, 0) is 16.1 Å². The van der Waals surface area contributed by atoms with E-state index in [2.05, 4.69) is 5.32 Å². The van der Waals surface area contributed by atoms with E-state index in [9.17, 15) is 9.59 Å². The fourth-order valence-corrected chi connectivity index (χ4v) is 3.64. The van der Waals surface area contributed by atoms with Crippen molar-refractivity contribution >= 4 is 11.9 Å². The summed E-state index contributed by atoms with van der Waals surface area (Å²) < 4.78 is 11.3. The molecule has 0 bridgehead atoms. The lowest BCUT2D eigenvalue weighted by Gasteiger charge is -2.21. The summed E-state index contributed by atoms with van der Waals surface area (Å²) in [5.74, 6) is 0.945. The summed E-state index contributed by atoms with van der Waals surface area (Å²) in [4.78, 5) is 26.2. The van der Waals surface area contributed by atoms with Gasteiger partial charge in [-0.1, -0.05) is 12.1 Å². The largest absolute Gasteiger partial charge is 0.491 e. The maximum atomic E-state index is 12.6. The number of ether oxygens (including phenoxy) is 2. The summed E-state index contributed by atoms with van der Waals surface area (Å²) in [6, 6.07) is 7.26. The molecule has 0 aromatic heterocycles. The van der Waals surface area contributed by atoms with Crippen molar-refractivity contribution in [1.29, 1.82) is 0 Å². The Morgan fingerprint density at radius 2 is 2.00 bits per heavy atom. The molecule has 1 aromatic carbocycles. The second kappa shape index (κ2) is 6.33. The third-order valence-corrected chi connectivity index (χ3v) is 5.42. The molecule has 1 aliphatic carbocycles. The summed E-state index contributed by atoms with van der Waals surface area (Å²) in [6.45, 7) is 3.51. The Morgan fingerprint density at radius 1 is 1.24 bits per heavy atom. The number of amides is 3. The van der Waals surface area contributed by atoms with Crippen LogP contribution in [0.25, 0.3) is 0 Å². The van der Waals surface area contributed by atoms with Crippen molar-refractivity contribution in [3.63, 3.8) is 0 Å². The molecule has 1 aromatic rings. The molecule has 3 aliphatic rings. The molecule has 134 valence electrons. The normalized spacial score (nSPS) is 29.2. The number of benzene rings is 1. The number of carbonyl (C=O) groups excluding carboxylic acids is 2. The minimum atomic E-state index is -0.721. The molecule has 2 atom stereocenters. The van der Waals surface area contributed by atoms with E-state index in [-0.39, 0.29) is 24.0 Å². The molecule has 2 aliphatic heterocycles. The van der Waals surface area contributed by atoms with Crippen LogP contribution in [0.4, 0.5) is 4.79 Å². The van der Waals surface area contributed by atoms with Gasteiger partial charge in [-0.25, -0.2) is 4.79 Å². The molecular weight excluding hydrogens is 320 g/mol. The first-order valence-electron chi connectivity index (χ1n) is 9.04. The van der Waals surface area contributed by atoms with Gasteiger partial charge < -0.3 is 14.8 Å². The fourth-order valence-electron chi connectivity index (χ4n) is 3.64. The summed E-state index contributed by atoms with van der Waals surface area (Å²) in [5.41, 5.74) is 0.189. The van der Waals surface area contributed by atoms with Gasteiger partial charge >= 0.3 is 6.03 Å². The van der Waals surface area contributed by atoms with E-state index in [0.717, 1.165) is 43.6 Å². The third-order valence-electron chi connectivity index (χ3n) is 5.42. The van der Waals surface area contributed by atoms with Crippen LogP contribution in [-0.4, -0.2) is 41.7 Å². The van der Waals surface area contributed by atoms with E-state index in [4.69, 9.17) is 9.47 Å². The molecule has 2 heterocycles. The molecule has 2 saturated heterocycles. The Kier molecular flexibility index (Phi) is 4.15. The zero-order valence-electron chi connectivity index (χ0n) is 14.5. The monoisotopic (exact) mass is 344 g/mol. The molecule has 1 N–H and O–H groups in total. The SMILES string of the molecule is C[C@]1(C2CC2)NC(=O)N(Cc2ccc(OC[C@@H]3CCCO3)cc2)C1=O. The molecule has 3 amide bonds. The lowest BCUT2D eigenvalue weighted by atomic mass is 9.96. The Labute approximate surface area is 147 Å².